The Bertz CT molecular complexity index is 518. The Morgan fingerprint density at radius 1 is 1.00 bits per heavy atom. The number of benzene rings is 1. The van der Waals surface area contributed by atoms with Crippen molar-refractivity contribution in [2.24, 2.45) is 0 Å². The summed E-state index contributed by atoms with van der Waals surface area (Å²) in [6, 6.07) is 6.55. The minimum atomic E-state index is -3.00. The molecule has 0 unspecified atom stereocenters. The highest BCUT2D eigenvalue weighted by atomic mass is 35.9. The molecule has 0 N–H and O–H groups in total. The molecule has 4 heteroatoms. The predicted octanol–water partition coefficient (Wildman–Crippen LogP) is 6.49. The van der Waals surface area contributed by atoms with E-state index in [1.165, 1.54) is 16.7 Å². The van der Waals surface area contributed by atoms with E-state index in [1.54, 1.807) is 0 Å². The second-order valence-electron chi connectivity index (χ2n) is 7.42. The first-order valence-corrected chi connectivity index (χ1v) is 10.6. The van der Waals surface area contributed by atoms with Crippen LogP contribution in [0.25, 0.3) is 0 Å². The van der Waals surface area contributed by atoms with Gasteiger partial charge in [-0.25, -0.2) is 0 Å². The van der Waals surface area contributed by atoms with Crippen molar-refractivity contribution in [2.75, 3.05) is 6.16 Å². The zero-order valence-electron chi connectivity index (χ0n) is 13.3. The number of hydrogen-bond acceptors (Lipinski definition) is 1. The molecule has 114 valence electrons. The van der Waals surface area contributed by atoms with Gasteiger partial charge in [-0.15, -0.1) is 0 Å². The molecule has 0 aliphatic carbocycles. The summed E-state index contributed by atoms with van der Waals surface area (Å²) in [4.78, 5) is 0. The van der Waals surface area contributed by atoms with E-state index in [0.29, 0.717) is 12.6 Å². The Labute approximate surface area is 133 Å². The molecule has 1 rings (SSSR count). The zero-order chi connectivity index (χ0) is 15.8. The third kappa shape index (κ3) is 5.43. The fraction of sp³-hybridized carbons (Fsp3) is 0.625. The Balaban J connectivity index is 3.22. The summed E-state index contributed by atoms with van der Waals surface area (Å²) in [5.74, 6) is -3.00. The van der Waals surface area contributed by atoms with Gasteiger partial charge in [-0.2, -0.15) is 0 Å². The molecular formula is C16H25Cl2OP. The van der Waals surface area contributed by atoms with Crippen molar-refractivity contribution < 1.29 is 4.57 Å². The maximum atomic E-state index is 11.5. The highest BCUT2D eigenvalue weighted by molar-refractivity contribution is 8.08. The zero-order valence-corrected chi connectivity index (χ0v) is 15.7. The van der Waals surface area contributed by atoms with Crippen LogP contribution in [0.4, 0.5) is 0 Å². The Hall–Kier alpha value is 0.0300. The van der Waals surface area contributed by atoms with Crippen molar-refractivity contribution in [1.29, 1.82) is 0 Å². The van der Waals surface area contributed by atoms with Crippen LogP contribution in [-0.4, -0.2) is 6.16 Å². The van der Waals surface area contributed by atoms with E-state index in [1.807, 2.05) is 0 Å². The lowest BCUT2D eigenvalue weighted by Gasteiger charge is -2.27. The summed E-state index contributed by atoms with van der Waals surface area (Å²) >= 11 is 11.3. The molecule has 0 amide bonds. The normalized spacial score (nSPS) is 13.6. The summed E-state index contributed by atoms with van der Waals surface area (Å²) in [6.45, 7) is 13.2. The lowest BCUT2D eigenvalue weighted by molar-refractivity contribution is 0.563. The van der Waals surface area contributed by atoms with Crippen molar-refractivity contribution in [3.05, 3.63) is 34.9 Å². The molecule has 0 saturated heterocycles. The van der Waals surface area contributed by atoms with Crippen molar-refractivity contribution in [1.82, 2.24) is 0 Å². The van der Waals surface area contributed by atoms with Gasteiger partial charge in [0, 0.05) is 6.16 Å². The number of rotatable bonds is 3. The monoisotopic (exact) mass is 334 g/mol. The predicted molar refractivity (Wildman–Crippen MR) is 91.7 cm³/mol. The second kappa shape index (κ2) is 6.03. The van der Waals surface area contributed by atoms with Crippen LogP contribution in [0.1, 0.15) is 58.2 Å². The number of hydrogen-bond donors (Lipinski definition) is 0. The Morgan fingerprint density at radius 2 is 1.55 bits per heavy atom. The molecule has 0 fully saturated rings. The van der Waals surface area contributed by atoms with Crippen molar-refractivity contribution in [3.8, 4) is 0 Å². The molecule has 0 aliphatic rings. The summed E-state index contributed by atoms with van der Waals surface area (Å²) in [5.41, 5.74) is 3.94. The van der Waals surface area contributed by atoms with E-state index in [2.05, 4.69) is 59.7 Å². The lowest BCUT2D eigenvalue weighted by atomic mass is 9.78. The average Bonchev–Trinajstić information content (AvgIpc) is 2.22. The van der Waals surface area contributed by atoms with Gasteiger partial charge >= 0.3 is 0 Å². The molecule has 0 radical (unpaired) electrons. The maximum Gasteiger partial charge on any atom is 0.253 e. The van der Waals surface area contributed by atoms with E-state index in [0.717, 1.165) is 0 Å². The largest absolute Gasteiger partial charge is 0.289 e. The van der Waals surface area contributed by atoms with Crippen LogP contribution in [0.2, 0.25) is 0 Å². The van der Waals surface area contributed by atoms with Gasteiger partial charge in [-0.3, -0.25) is 4.57 Å². The minimum Gasteiger partial charge on any atom is -0.289 e. The highest BCUT2D eigenvalue weighted by Gasteiger charge is 2.23. The summed E-state index contributed by atoms with van der Waals surface area (Å²) in [6.07, 6.45) is 0.982. The topological polar surface area (TPSA) is 17.1 Å². The average molecular weight is 335 g/mol. The lowest BCUT2D eigenvalue weighted by Crippen LogP contribution is -2.18. The van der Waals surface area contributed by atoms with Gasteiger partial charge in [0.15, 0.2) is 0 Å². The van der Waals surface area contributed by atoms with Gasteiger partial charge in [0.2, 0.25) is 0 Å². The summed E-state index contributed by atoms with van der Waals surface area (Å²) in [5, 5.41) is 0. The van der Waals surface area contributed by atoms with Gasteiger partial charge < -0.3 is 0 Å². The molecule has 0 saturated carbocycles. The van der Waals surface area contributed by atoms with Crippen LogP contribution in [0.15, 0.2) is 18.2 Å². The van der Waals surface area contributed by atoms with Crippen LogP contribution < -0.4 is 0 Å². The second-order valence-corrected chi connectivity index (χ2v) is 12.8. The van der Waals surface area contributed by atoms with E-state index < -0.39 is 5.85 Å². The van der Waals surface area contributed by atoms with E-state index in [-0.39, 0.29) is 10.8 Å². The molecule has 0 atom stereocenters. The molecule has 0 bridgehead atoms. The van der Waals surface area contributed by atoms with Crippen molar-refractivity contribution >= 4 is 28.3 Å². The van der Waals surface area contributed by atoms with Gasteiger partial charge in [0.1, 0.15) is 0 Å². The van der Waals surface area contributed by atoms with E-state index in [9.17, 15) is 4.57 Å². The van der Waals surface area contributed by atoms with Gasteiger partial charge in [0.05, 0.1) is 0 Å². The Kier molecular flexibility index (Phi) is 5.45. The molecule has 1 nitrogen and oxygen atoms in total. The molecule has 0 aromatic heterocycles. The molecule has 20 heavy (non-hydrogen) atoms. The van der Waals surface area contributed by atoms with Crippen LogP contribution >= 0.6 is 28.3 Å². The standard InChI is InChI=1S/C16H25Cl2OP/c1-15(2,3)13-8-7-12(9-10-20(17,18)19)14(11-13)16(4,5)6/h7-8,11H,9-10H2,1-6H3. The van der Waals surface area contributed by atoms with E-state index in [4.69, 9.17) is 22.5 Å². The molecule has 0 aliphatic heterocycles. The molecule has 1 aromatic carbocycles. The first-order chi connectivity index (χ1) is 8.81. The minimum absolute atomic E-state index is 0.0409. The van der Waals surface area contributed by atoms with Gasteiger partial charge in [0.25, 0.3) is 5.85 Å². The van der Waals surface area contributed by atoms with Gasteiger partial charge in [-0.1, -0.05) is 59.7 Å². The molecule has 1 aromatic rings. The summed E-state index contributed by atoms with van der Waals surface area (Å²) < 4.78 is 11.5. The highest BCUT2D eigenvalue weighted by Crippen LogP contribution is 2.56. The first-order valence-electron chi connectivity index (χ1n) is 6.93. The number of aryl methyl sites for hydroxylation is 1. The molecule has 0 heterocycles. The maximum absolute atomic E-state index is 11.5. The fourth-order valence-corrected chi connectivity index (χ4v) is 3.22. The number of halogens is 2. The summed E-state index contributed by atoms with van der Waals surface area (Å²) in [7, 11) is 0. The SMILES string of the molecule is CC(C)(C)c1ccc(CCP(=O)(Cl)Cl)c(C(C)(C)C)c1. The van der Waals surface area contributed by atoms with Crippen molar-refractivity contribution in [2.45, 2.75) is 58.8 Å². The fourth-order valence-electron chi connectivity index (χ4n) is 2.21. The van der Waals surface area contributed by atoms with Gasteiger partial charge in [-0.05, 0) is 56.4 Å². The third-order valence-corrected chi connectivity index (χ3v) is 5.18. The molecule has 0 spiro atoms. The van der Waals surface area contributed by atoms with Crippen LogP contribution in [0, 0.1) is 0 Å². The van der Waals surface area contributed by atoms with Crippen molar-refractivity contribution in [3.63, 3.8) is 0 Å². The van der Waals surface area contributed by atoms with Crippen LogP contribution in [-0.2, 0) is 21.8 Å². The van der Waals surface area contributed by atoms with Crippen LogP contribution in [0.5, 0.6) is 0 Å². The quantitative estimate of drug-likeness (QED) is 0.577. The first kappa shape index (κ1) is 18.1. The van der Waals surface area contributed by atoms with E-state index >= 15 is 0 Å². The smallest absolute Gasteiger partial charge is 0.253 e. The Morgan fingerprint density at radius 3 is 1.95 bits per heavy atom. The molecular weight excluding hydrogens is 310 g/mol. The van der Waals surface area contributed by atoms with Crippen LogP contribution in [0.3, 0.4) is 0 Å². The third-order valence-electron chi connectivity index (χ3n) is 3.43.